The Hall–Kier alpha value is -0.780. The predicted octanol–water partition coefficient (Wildman–Crippen LogP) is -0.401. The van der Waals surface area contributed by atoms with E-state index in [1.165, 1.54) is 0 Å². The van der Waals surface area contributed by atoms with Crippen molar-refractivity contribution >= 4 is 5.91 Å². The zero-order valence-electron chi connectivity index (χ0n) is 4.72. The molecule has 1 unspecified atom stereocenters. The van der Waals surface area contributed by atoms with Crippen LogP contribution in [0.5, 0.6) is 0 Å². The van der Waals surface area contributed by atoms with Gasteiger partial charge in [-0.2, -0.15) is 13.2 Å². The molecular formula is C4H5F3NO2. The van der Waals surface area contributed by atoms with E-state index in [4.69, 9.17) is 5.11 Å². The van der Waals surface area contributed by atoms with E-state index in [0.717, 1.165) is 0 Å². The summed E-state index contributed by atoms with van der Waals surface area (Å²) in [5.41, 5.74) is 4.34. The maximum Gasteiger partial charge on any atom is 0.415 e. The molecule has 3 N–H and O–H groups in total. The third-order valence-corrected chi connectivity index (χ3v) is 0.658. The molecule has 0 aromatic carbocycles. The van der Waals surface area contributed by atoms with Crippen LogP contribution in [0.4, 0.5) is 13.2 Å². The molecule has 10 heavy (non-hydrogen) atoms. The number of hydrogen-bond acceptors (Lipinski definition) is 2. The molecule has 59 valence electrons. The number of halogens is 3. The number of aliphatic hydroxyl groups is 1. The summed E-state index contributed by atoms with van der Waals surface area (Å²) in [5.74, 6) is -1.30. The molecule has 0 saturated carbocycles. The Morgan fingerprint density at radius 2 is 2.00 bits per heavy atom. The normalized spacial score (nSPS) is 14.8. The van der Waals surface area contributed by atoms with Gasteiger partial charge in [0.25, 0.3) is 0 Å². The van der Waals surface area contributed by atoms with Gasteiger partial charge in [-0.05, 0) is 0 Å². The fraction of sp³-hybridized carbons (Fsp3) is 0.500. The standard InChI is InChI=1S/C4H5F3NO2/c5-4(6,7)2(9)1-3(8)10/h1-2,9H,(H2,8,10). The van der Waals surface area contributed by atoms with Gasteiger partial charge in [0.05, 0.1) is 6.42 Å². The van der Waals surface area contributed by atoms with Gasteiger partial charge in [-0.15, -0.1) is 0 Å². The van der Waals surface area contributed by atoms with E-state index in [0.29, 0.717) is 0 Å². The summed E-state index contributed by atoms with van der Waals surface area (Å²) in [6, 6.07) is 0. The second-order valence-electron chi connectivity index (χ2n) is 1.56. The van der Waals surface area contributed by atoms with Crippen LogP contribution < -0.4 is 5.73 Å². The highest BCUT2D eigenvalue weighted by molar-refractivity contribution is 5.83. The van der Waals surface area contributed by atoms with Gasteiger partial charge < -0.3 is 10.8 Å². The number of carbonyl (C=O) groups excluding carboxylic acids is 1. The maximum atomic E-state index is 11.3. The average molecular weight is 156 g/mol. The molecule has 0 aromatic heterocycles. The summed E-state index contributed by atoms with van der Waals surface area (Å²) in [5, 5.41) is 8.07. The first kappa shape index (κ1) is 9.22. The van der Waals surface area contributed by atoms with Gasteiger partial charge >= 0.3 is 6.18 Å². The Morgan fingerprint density at radius 3 is 2.10 bits per heavy atom. The number of alkyl halides is 3. The van der Waals surface area contributed by atoms with Gasteiger partial charge in [-0.1, -0.05) is 0 Å². The highest BCUT2D eigenvalue weighted by Crippen LogP contribution is 2.21. The molecule has 0 bridgehead atoms. The zero-order chi connectivity index (χ0) is 8.36. The summed E-state index contributed by atoms with van der Waals surface area (Å²) >= 11 is 0. The molecule has 0 aliphatic carbocycles. The summed E-state index contributed by atoms with van der Waals surface area (Å²) in [4.78, 5) is 9.76. The first-order chi connectivity index (χ1) is 4.34. The lowest BCUT2D eigenvalue weighted by Crippen LogP contribution is -2.33. The lowest BCUT2D eigenvalue weighted by atomic mass is 10.2. The van der Waals surface area contributed by atoms with Crippen molar-refractivity contribution < 1.29 is 23.1 Å². The highest BCUT2D eigenvalue weighted by atomic mass is 19.4. The number of carbonyl (C=O) groups is 1. The van der Waals surface area contributed by atoms with Gasteiger partial charge in [-0.25, -0.2) is 0 Å². The molecule has 0 fully saturated rings. The van der Waals surface area contributed by atoms with E-state index in [9.17, 15) is 18.0 Å². The minimum Gasteiger partial charge on any atom is -0.383 e. The SMILES string of the molecule is NC(=O)[CH]C(O)C(F)(F)F. The number of rotatable bonds is 2. The van der Waals surface area contributed by atoms with E-state index in [1.807, 2.05) is 0 Å². The second-order valence-corrected chi connectivity index (χ2v) is 1.56. The molecule has 0 aliphatic heterocycles. The van der Waals surface area contributed by atoms with Crippen LogP contribution in [0, 0.1) is 6.42 Å². The van der Waals surface area contributed by atoms with Crippen LogP contribution in [0.2, 0.25) is 0 Å². The first-order valence-electron chi connectivity index (χ1n) is 2.23. The molecule has 1 amide bonds. The number of primary amides is 1. The van der Waals surface area contributed by atoms with Gasteiger partial charge in [0.15, 0.2) is 6.10 Å². The molecule has 3 nitrogen and oxygen atoms in total. The van der Waals surface area contributed by atoms with Crippen LogP contribution in [-0.4, -0.2) is 23.3 Å². The van der Waals surface area contributed by atoms with E-state index in [-0.39, 0.29) is 6.42 Å². The van der Waals surface area contributed by atoms with E-state index in [1.54, 1.807) is 0 Å². The minimum atomic E-state index is -4.81. The van der Waals surface area contributed by atoms with Crippen molar-refractivity contribution in [2.24, 2.45) is 5.73 Å². The molecule has 0 rings (SSSR count). The molecular weight excluding hydrogens is 151 g/mol. The van der Waals surface area contributed by atoms with Crippen molar-refractivity contribution in [3.05, 3.63) is 6.42 Å². The first-order valence-corrected chi connectivity index (χ1v) is 2.23. The second kappa shape index (κ2) is 2.87. The van der Waals surface area contributed by atoms with Crippen molar-refractivity contribution in [3.8, 4) is 0 Å². The number of aliphatic hydroxyl groups excluding tert-OH is 1. The van der Waals surface area contributed by atoms with Gasteiger partial charge in [0.2, 0.25) is 5.91 Å². The van der Waals surface area contributed by atoms with Crippen LogP contribution in [0.3, 0.4) is 0 Å². The van der Waals surface area contributed by atoms with Crippen molar-refractivity contribution in [3.63, 3.8) is 0 Å². The van der Waals surface area contributed by atoms with Crippen LogP contribution in [0.15, 0.2) is 0 Å². The van der Waals surface area contributed by atoms with Crippen molar-refractivity contribution in [1.29, 1.82) is 0 Å². The number of nitrogens with two attached hydrogens (primary N) is 1. The smallest absolute Gasteiger partial charge is 0.383 e. The van der Waals surface area contributed by atoms with Gasteiger partial charge in [-0.3, -0.25) is 4.79 Å². The predicted molar refractivity (Wildman–Crippen MR) is 25.6 cm³/mol. The third kappa shape index (κ3) is 3.29. The fourth-order valence-corrected chi connectivity index (χ4v) is 0.250. The zero-order valence-corrected chi connectivity index (χ0v) is 4.72. The lowest BCUT2D eigenvalue weighted by molar-refractivity contribution is -0.193. The molecule has 1 atom stereocenters. The van der Waals surface area contributed by atoms with Crippen molar-refractivity contribution in [2.75, 3.05) is 0 Å². The highest BCUT2D eigenvalue weighted by Gasteiger charge is 2.39. The van der Waals surface area contributed by atoms with Crippen LogP contribution in [0.25, 0.3) is 0 Å². The molecule has 6 heteroatoms. The molecule has 0 saturated heterocycles. The molecule has 1 radical (unpaired) electrons. The monoisotopic (exact) mass is 156 g/mol. The Morgan fingerprint density at radius 1 is 1.60 bits per heavy atom. The summed E-state index contributed by atoms with van der Waals surface area (Å²) < 4.78 is 34.0. The lowest BCUT2D eigenvalue weighted by Gasteiger charge is -2.10. The Balaban J connectivity index is 3.85. The van der Waals surface area contributed by atoms with E-state index < -0.39 is 18.2 Å². The minimum absolute atomic E-state index is 0.0139. The van der Waals surface area contributed by atoms with Crippen LogP contribution in [-0.2, 0) is 4.79 Å². The molecule has 0 aliphatic rings. The quantitative estimate of drug-likeness (QED) is 0.571. The summed E-state index contributed by atoms with van der Waals surface area (Å²) in [7, 11) is 0. The van der Waals surface area contributed by atoms with Crippen molar-refractivity contribution in [2.45, 2.75) is 12.3 Å². The Kier molecular flexibility index (Phi) is 2.65. The summed E-state index contributed by atoms with van der Waals surface area (Å²) in [6.45, 7) is 0. The Labute approximate surface area is 54.6 Å². The van der Waals surface area contributed by atoms with Crippen LogP contribution >= 0.6 is 0 Å². The van der Waals surface area contributed by atoms with Gasteiger partial charge in [0.1, 0.15) is 0 Å². The topological polar surface area (TPSA) is 63.3 Å². The van der Waals surface area contributed by atoms with E-state index >= 15 is 0 Å². The Bertz CT molecular complexity index is 133. The molecule has 0 heterocycles. The number of amides is 1. The summed E-state index contributed by atoms with van der Waals surface area (Å²) in [6.07, 6.45) is -7.58. The molecule has 0 aromatic rings. The van der Waals surface area contributed by atoms with E-state index in [2.05, 4.69) is 5.73 Å². The largest absolute Gasteiger partial charge is 0.415 e. The maximum absolute atomic E-state index is 11.3. The number of hydrogen-bond donors (Lipinski definition) is 2. The van der Waals surface area contributed by atoms with Crippen LogP contribution in [0.1, 0.15) is 0 Å². The fourth-order valence-electron chi connectivity index (χ4n) is 0.250. The average Bonchev–Trinajstić information content (AvgIpc) is 1.60. The van der Waals surface area contributed by atoms with Gasteiger partial charge in [0, 0.05) is 0 Å². The third-order valence-electron chi connectivity index (χ3n) is 0.658. The molecule has 0 spiro atoms. The van der Waals surface area contributed by atoms with Crippen molar-refractivity contribution in [1.82, 2.24) is 0 Å².